The topological polar surface area (TPSA) is 49.3 Å². The van der Waals surface area contributed by atoms with E-state index in [1.807, 2.05) is 24.3 Å². The first kappa shape index (κ1) is 11.7. The summed E-state index contributed by atoms with van der Waals surface area (Å²) in [4.78, 5) is 11.6. The van der Waals surface area contributed by atoms with E-state index >= 15 is 0 Å². The molecule has 0 heterocycles. The number of carbonyl (C=O) groups excluding carboxylic acids is 1. The molecule has 0 saturated heterocycles. The molecule has 2 N–H and O–H groups in total. The van der Waals surface area contributed by atoms with Crippen molar-refractivity contribution < 1.29 is 9.90 Å². The Kier molecular flexibility index (Phi) is 3.79. The van der Waals surface area contributed by atoms with Gasteiger partial charge in [0.25, 0.3) is 0 Å². The quantitative estimate of drug-likeness (QED) is 0.776. The summed E-state index contributed by atoms with van der Waals surface area (Å²) in [5.74, 6) is 6.11. The Morgan fingerprint density at radius 2 is 2.29 bits per heavy atom. The average Bonchev–Trinajstić information content (AvgIpc) is 3.14. The van der Waals surface area contributed by atoms with Gasteiger partial charge in [0.05, 0.1) is 6.61 Å². The summed E-state index contributed by atoms with van der Waals surface area (Å²) >= 11 is 0. The van der Waals surface area contributed by atoms with Crippen molar-refractivity contribution in [3.05, 3.63) is 29.8 Å². The van der Waals surface area contributed by atoms with Crippen molar-refractivity contribution in [3.8, 4) is 11.8 Å². The molecule has 88 valence electrons. The van der Waals surface area contributed by atoms with E-state index in [1.54, 1.807) is 0 Å². The van der Waals surface area contributed by atoms with E-state index < -0.39 is 0 Å². The molecule has 17 heavy (non-hydrogen) atoms. The monoisotopic (exact) mass is 229 g/mol. The Morgan fingerprint density at radius 1 is 1.47 bits per heavy atom. The third-order valence-corrected chi connectivity index (χ3v) is 2.55. The number of carbonyl (C=O) groups is 1. The van der Waals surface area contributed by atoms with Crippen molar-refractivity contribution in [1.29, 1.82) is 0 Å². The lowest BCUT2D eigenvalue weighted by molar-refractivity contribution is -0.117. The lowest BCUT2D eigenvalue weighted by atomic mass is 10.2. The van der Waals surface area contributed by atoms with Crippen LogP contribution in [0.25, 0.3) is 0 Å². The molecule has 3 nitrogen and oxygen atoms in total. The Hall–Kier alpha value is -1.79. The summed E-state index contributed by atoms with van der Waals surface area (Å²) in [5.41, 5.74) is 1.64. The number of rotatable bonds is 3. The van der Waals surface area contributed by atoms with Crippen LogP contribution in [0.3, 0.4) is 0 Å². The van der Waals surface area contributed by atoms with Crippen LogP contribution in [0.4, 0.5) is 5.69 Å². The number of benzene rings is 1. The molecule has 1 saturated carbocycles. The normalized spacial score (nSPS) is 13.7. The van der Waals surface area contributed by atoms with Gasteiger partial charge in [-0.2, -0.15) is 0 Å². The highest BCUT2D eigenvalue weighted by Gasteiger charge is 2.29. The van der Waals surface area contributed by atoms with E-state index in [4.69, 9.17) is 5.11 Å². The van der Waals surface area contributed by atoms with Gasteiger partial charge >= 0.3 is 0 Å². The Labute approximate surface area is 101 Å². The molecule has 0 atom stereocenters. The van der Waals surface area contributed by atoms with Crippen molar-refractivity contribution in [1.82, 2.24) is 0 Å². The van der Waals surface area contributed by atoms with Crippen molar-refractivity contribution >= 4 is 11.6 Å². The van der Waals surface area contributed by atoms with Crippen molar-refractivity contribution in [2.45, 2.75) is 19.3 Å². The van der Waals surface area contributed by atoms with Gasteiger partial charge in [-0.15, -0.1) is 0 Å². The highest BCUT2D eigenvalue weighted by Crippen LogP contribution is 2.30. The fourth-order valence-corrected chi connectivity index (χ4v) is 1.49. The molecule has 1 amide bonds. The van der Waals surface area contributed by atoms with Crippen LogP contribution in [-0.4, -0.2) is 17.6 Å². The molecule has 0 aromatic heterocycles. The summed E-state index contributed by atoms with van der Waals surface area (Å²) in [6.07, 6.45) is 2.47. The minimum absolute atomic E-state index is 0.0745. The van der Waals surface area contributed by atoms with Crippen LogP contribution in [0.5, 0.6) is 0 Å². The molecule has 3 heteroatoms. The number of aliphatic hydroxyl groups is 1. The van der Waals surface area contributed by atoms with Crippen molar-refractivity contribution in [3.63, 3.8) is 0 Å². The third kappa shape index (κ3) is 3.61. The van der Waals surface area contributed by atoms with Crippen LogP contribution < -0.4 is 5.32 Å². The van der Waals surface area contributed by atoms with Crippen LogP contribution in [0.1, 0.15) is 24.8 Å². The standard InChI is InChI=1S/C14H15NO2/c16-9-2-1-4-11-5-3-6-13(10-11)15-14(17)12-7-8-12/h3,5-6,10,12,16H,2,7-9H2,(H,15,17). The summed E-state index contributed by atoms with van der Waals surface area (Å²) in [6, 6.07) is 7.46. The summed E-state index contributed by atoms with van der Waals surface area (Å²) in [6.45, 7) is 0.0745. The van der Waals surface area contributed by atoms with Crippen LogP contribution in [0.15, 0.2) is 24.3 Å². The molecule has 0 unspecified atom stereocenters. The summed E-state index contributed by atoms with van der Waals surface area (Å²) in [7, 11) is 0. The molecule has 1 aliphatic rings. The number of anilines is 1. The second-order valence-electron chi connectivity index (χ2n) is 4.12. The van der Waals surface area contributed by atoms with E-state index in [2.05, 4.69) is 17.2 Å². The van der Waals surface area contributed by atoms with Crippen LogP contribution in [0, 0.1) is 17.8 Å². The molecule has 1 aromatic carbocycles. The fourth-order valence-electron chi connectivity index (χ4n) is 1.49. The Morgan fingerprint density at radius 3 is 3.00 bits per heavy atom. The number of hydrogen-bond donors (Lipinski definition) is 2. The third-order valence-electron chi connectivity index (χ3n) is 2.55. The average molecular weight is 229 g/mol. The van der Waals surface area contributed by atoms with Gasteiger partial charge in [0, 0.05) is 23.6 Å². The number of amides is 1. The zero-order chi connectivity index (χ0) is 12.1. The molecular formula is C14H15NO2. The summed E-state index contributed by atoms with van der Waals surface area (Å²) in [5, 5.41) is 11.5. The fraction of sp³-hybridized carbons (Fsp3) is 0.357. The maximum Gasteiger partial charge on any atom is 0.227 e. The molecule has 1 fully saturated rings. The Balaban J connectivity index is 2.01. The van der Waals surface area contributed by atoms with Gasteiger partial charge in [-0.25, -0.2) is 0 Å². The SMILES string of the molecule is O=C(Nc1cccc(C#CCCO)c1)C1CC1. The van der Waals surface area contributed by atoms with Gasteiger partial charge in [-0.1, -0.05) is 17.9 Å². The zero-order valence-electron chi connectivity index (χ0n) is 9.57. The van der Waals surface area contributed by atoms with Gasteiger partial charge in [0.15, 0.2) is 0 Å². The second kappa shape index (κ2) is 5.51. The first-order chi connectivity index (χ1) is 8.29. The van der Waals surface area contributed by atoms with E-state index in [0.717, 1.165) is 24.1 Å². The molecule has 1 aliphatic carbocycles. The molecular weight excluding hydrogens is 214 g/mol. The van der Waals surface area contributed by atoms with E-state index in [1.165, 1.54) is 0 Å². The lowest BCUT2D eigenvalue weighted by Gasteiger charge is -2.03. The summed E-state index contributed by atoms with van der Waals surface area (Å²) < 4.78 is 0. The number of nitrogens with one attached hydrogen (secondary N) is 1. The maximum atomic E-state index is 11.6. The highest BCUT2D eigenvalue weighted by atomic mass is 16.2. The van der Waals surface area contributed by atoms with Gasteiger partial charge in [-0.05, 0) is 31.0 Å². The maximum absolute atomic E-state index is 11.6. The van der Waals surface area contributed by atoms with E-state index in [0.29, 0.717) is 6.42 Å². The molecule has 0 bridgehead atoms. The van der Waals surface area contributed by atoms with Crippen LogP contribution in [-0.2, 0) is 4.79 Å². The zero-order valence-corrected chi connectivity index (χ0v) is 9.57. The van der Waals surface area contributed by atoms with Crippen LogP contribution >= 0.6 is 0 Å². The van der Waals surface area contributed by atoms with Crippen molar-refractivity contribution in [2.24, 2.45) is 5.92 Å². The van der Waals surface area contributed by atoms with Crippen LogP contribution in [0.2, 0.25) is 0 Å². The second-order valence-corrected chi connectivity index (χ2v) is 4.12. The highest BCUT2D eigenvalue weighted by molar-refractivity contribution is 5.94. The van der Waals surface area contributed by atoms with Gasteiger partial charge < -0.3 is 10.4 Å². The minimum Gasteiger partial charge on any atom is -0.395 e. The largest absolute Gasteiger partial charge is 0.395 e. The molecule has 0 spiro atoms. The smallest absolute Gasteiger partial charge is 0.227 e. The number of aliphatic hydroxyl groups excluding tert-OH is 1. The van der Waals surface area contributed by atoms with E-state index in [9.17, 15) is 4.79 Å². The predicted octanol–water partition coefficient (Wildman–Crippen LogP) is 1.77. The van der Waals surface area contributed by atoms with Gasteiger partial charge in [0.2, 0.25) is 5.91 Å². The van der Waals surface area contributed by atoms with Gasteiger partial charge in [-0.3, -0.25) is 4.79 Å². The van der Waals surface area contributed by atoms with E-state index in [-0.39, 0.29) is 18.4 Å². The molecule has 0 aliphatic heterocycles. The first-order valence-corrected chi connectivity index (χ1v) is 5.80. The van der Waals surface area contributed by atoms with Gasteiger partial charge in [0.1, 0.15) is 0 Å². The molecule has 1 aromatic rings. The first-order valence-electron chi connectivity index (χ1n) is 5.80. The predicted molar refractivity (Wildman–Crippen MR) is 66.4 cm³/mol. The Bertz CT molecular complexity index is 467. The molecule has 0 radical (unpaired) electrons. The lowest BCUT2D eigenvalue weighted by Crippen LogP contribution is -2.13. The number of hydrogen-bond acceptors (Lipinski definition) is 2. The minimum atomic E-state index is 0.0745. The molecule has 2 rings (SSSR count). The van der Waals surface area contributed by atoms with Crippen molar-refractivity contribution in [2.75, 3.05) is 11.9 Å².